The van der Waals surface area contributed by atoms with E-state index in [-0.39, 0.29) is 5.75 Å². The monoisotopic (exact) mass is 195 g/mol. The number of phenols is 1. The van der Waals surface area contributed by atoms with Crippen LogP contribution in [0.2, 0.25) is 0 Å². The van der Waals surface area contributed by atoms with Gasteiger partial charge in [0, 0.05) is 4.79 Å². The number of hydrogen-bond acceptors (Lipinski definition) is 3. The predicted octanol–water partition coefficient (Wildman–Crippen LogP) is 0.577. The van der Waals surface area contributed by atoms with E-state index in [9.17, 15) is 4.79 Å². The third-order valence-electron chi connectivity index (χ3n) is 1.57. The number of rotatable bonds is 4. The topological polar surface area (TPSA) is 69.4 Å². The van der Waals surface area contributed by atoms with Crippen molar-refractivity contribution in [3.63, 3.8) is 0 Å². The zero-order chi connectivity index (χ0) is 10.6. The summed E-state index contributed by atoms with van der Waals surface area (Å²) in [5.41, 5.74) is 0. The van der Waals surface area contributed by atoms with Gasteiger partial charge in [0.05, 0.1) is 0 Å². The van der Waals surface area contributed by atoms with Crippen LogP contribution in [-0.2, 0) is 4.79 Å². The summed E-state index contributed by atoms with van der Waals surface area (Å²) < 4.78 is 5.11. The van der Waals surface area contributed by atoms with E-state index in [1.165, 1.54) is 30.3 Å². The molecule has 1 aromatic rings. The van der Waals surface area contributed by atoms with E-state index < -0.39 is 12.1 Å². The second-order valence-corrected chi connectivity index (χ2v) is 2.63. The summed E-state index contributed by atoms with van der Waals surface area (Å²) in [5, 5.41) is 15.8. The molecule has 0 amide bonds. The van der Waals surface area contributed by atoms with E-state index in [0.29, 0.717) is 5.75 Å². The highest BCUT2D eigenvalue weighted by Crippen LogP contribution is 2.17. The number of carbonyl (C=O) groups excluding carboxylic acids is 1. The molecule has 14 heavy (non-hydrogen) atoms. The van der Waals surface area contributed by atoms with Gasteiger partial charge in [-0.05, 0) is 30.3 Å². The third-order valence-corrected chi connectivity index (χ3v) is 1.57. The van der Waals surface area contributed by atoms with E-state index >= 15 is 0 Å². The number of benzene rings is 1. The van der Waals surface area contributed by atoms with Gasteiger partial charge >= 0.3 is 5.97 Å². The fourth-order valence-corrected chi connectivity index (χ4v) is 0.880. The van der Waals surface area contributed by atoms with Crippen LogP contribution in [0.1, 0.15) is 0 Å². The minimum atomic E-state index is -0.959. The van der Waals surface area contributed by atoms with Crippen molar-refractivity contribution in [1.82, 2.24) is 0 Å². The zero-order valence-electron chi connectivity index (χ0n) is 7.43. The lowest BCUT2D eigenvalue weighted by Crippen LogP contribution is -2.24. The van der Waals surface area contributed by atoms with Crippen LogP contribution in [0.25, 0.3) is 0 Å². The summed E-state index contributed by atoms with van der Waals surface area (Å²) in [6.45, 7) is 3.38. The fraction of sp³-hybridized carbons (Fsp3) is 0.100. The Bertz CT molecular complexity index is 328. The highest BCUT2D eigenvalue weighted by atomic mass is 16.5. The maximum atomic E-state index is 10.7. The molecule has 0 fully saturated rings. The van der Waals surface area contributed by atoms with E-state index in [0.717, 1.165) is 0 Å². The van der Waals surface area contributed by atoms with Crippen LogP contribution in [0.15, 0.2) is 36.9 Å². The first-order valence-corrected chi connectivity index (χ1v) is 3.97. The summed E-state index contributed by atoms with van der Waals surface area (Å²) in [5.74, 6) is -0.328. The molecule has 0 aliphatic carbocycles. The molecule has 0 radical (unpaired) electrons. The Morgan fingerprint density at radius 1 is 1.50 bits per heavy atom. The fourth-order valence-electron chi connectivity index (χ4n) is 0.880. The van der Waals surface area contributed by atoms with E-state index in [1.807, 2.05) is 0 Å². The molecular formula is C10H11O4+. The quantitative estimate of drug-likeness (QED) is 0.564. The van der Waals surface area contributed by atoms with Crippen LogP contribution in [-0.4, -0.2) is 22.3 Å². The van der Waals surface area contributed by atoms with Gasteiger partial charge in [0.2, 0.25) is 0 Å². The smallest absolute Gasteiger partial charge is 0.561 e. The molecule has 1 rings (SSSR count). The molecule has 74 valence electrons. The van der Waals surface area contributed by atoms with Crippen molar-refractivity contribution in [2.24, 2.45) is 0 Å². The summed E-state index contributed by atoms with van der Waals surface area (Å²) >= 11 is 0. The highest BCUT2D eigenvalue weighted by molar-refractivity contribution is 5.74. The van der Waals surface area contributed by atoms with Crippen LogP contribution in [0, 0.1) is 0 Å². The van der Waals surface area contributed by atoms with Crippen molar-refractivity contribution < 1.29 is 19.7 Å². The molecule has 0 aliphatic heterocycles. The molecule has 0 heterocycles. The molecule has 1 aromatic carbocycles. The van der Waals surface area contributed by atoms with Crippen molar-refractivity contribution in [1.29, 1.82) is 0 Å². The third kappa shape index (κ3) is 2.52. The van der Waals surface area contributed by atoms with Crippen molar-refractivity contribution in [2.75, 3.05) is 0 Å². The maximum absolute atomic E-state index is 10.7. The van der Waals surface area contributed by atoms with Gasteiger partial charge in [-0.25, -0.2) is 0 Å². The number of carbonyl (C=O) groups is 1. The zero-order valence-corrected chi connectivity index (χ0v) is 7.43. The van der Waals surface area contributed by atoms with Crippen LogP contribution in [0.3, 0.4) is 0 Å². The standard InChI is InChI=1S/C10H10O4/c1-2-9(10(12)13)14-8-5-3-7(11)4-6-8/h2-6,9,11H,1H2,(H,12,13)/p+1/t9-/m1/s1. The van der Waals surface area contributed by atoms with Gasteiger partial charge in [-0.15, -0.1) is 0 Å². The first-order valence-electron chi connectivity index (χ1n) is 3.97. The van der Waals surface area contributed by atoms with Crippen LogP contribution >= 0.6 is 0 Å². The summed E-state index contributed by atoms with van der Waals surface area (Å²) in [7, 11) is 0. The van der Waals surface area contributed by atoms with Gasteiger partial charge in [0.25, 0.3) is 6.10 Å². The van der Waals surface area contributed by atoms with Gasteiger partial charge in [-0.3, -0.25) is 0 Å². The Labute approximate surface area is 81.1 Å². The first-order chi connectivity index (χ1) is 6.63. The van der Waals surface area contributed by atoms with Crippen LogP contribution in [0.4, 0.5) is 0 Å². The molecular weight excluding hydrogens is 184 g/mol. The Morgan fingerprint density at radius 3 is 2.50 bits per heavy atom. The number of ether oxygens (including phenoxy) is 1. The van der Waals surface area contributed by atoms with Crippen molar-refractivity contribution in [3.05, 3.63) is 36.9 Å². The van der Waals surface area contributed by atoms with Crippen LogP contribution < -0.4 is 4.74 Å². The minimum absolute atomic E-state index is 0.115. The number of hydrogen-bond donors (Lipinski definition) is 1. The van der Waals surface area contributed by atoms with Gasteiger partial charge in [0.1, 0.15) is 11.5 Å². The van der Waals surface area contributed by atoms with E-state index in [2.05, 4.69) is 6.58 Å². The molecule has 0 bridgehead atoms. The lowest BCUT2D eigenvalue weighted by molar-refractivity contribution is -0.142. The molecule has 3 N–H and O–H groups in total. The molecule has 0 aromatic heterocycles. The summed E-state index contributed by atoms with van der Waals surface area (Å²) in [6, 6.07) is 5.89. The minimum Gasteiger partial charge on any atom is -0.562 e. The summed E-state index contributed by atoms with van der Waals surface area (Å²) in [4.78, 5) is 10.7. The highest BCUT2D eigenvalue weighted by Gasteiger charge is 2.22. The van der Waals surface area contributed by atoms with E-state index in [4.69, 9.17) is 14.9 Å². The second-order valence-electron chi connectivity index (χ2n) is 2.63. The molecule has 0 aliphatic rings. The Hall–Kier alpha value is -1.97. The first kappa shape index (κ1) is 10.1. The van der Waals surface area contributed by atoms with Crippen molar-refractivity contribution in [2.45, 2.75) is 6.10 Å². The van der Waals surface area contributed by atoms with Gasteiger partial charge in [-0.1, -0.05) is 6.58 Å². The molecule has 0 unspecified atom stereocenters. The lowest BCUT2D eigenvalue weighted by atomic mass is 10.3. The maximum Gasteiger partial charge on any atom is 0.561 e. The average molecular weight is 195 g/mol. The van der Waals surface area contributed by atoms with Gasteiger partial charge in [-0.2, -0.15) is 0 Å². The second kappa shape index (κ2) is 4.32. The molecule has 0 saturated heterocycles. The summed E-state index contributed by atoms with van der Waals surface area (Å²) in [6.07, 6.45) is 0.293. The molecule has 0 spiro atoms. The average Bonchev–Trinajstić information content (AvgIpc) is 2.16. The molecule has 1 atom stereocenters. The normalized spacial score (nSPS) is 11.7. The van der Waals surface area contributed by atoms with Gasteiger partial charge in [0.15, 0.2) is 0 Å². The molecule has 4 heteroatoms. The number of aromatic hydroxyl groups is 1. The van der Waals surface area contributed by atoms with Crippen molar-refractivity contribution in [3.8, 4) is 11.5 Å². The predicted molar refractivity (Wildman–Crippen MR) is 51.3 cm³/mol. The largest absolute Gasteiger partial charge is 0.562 e. The SMILES string of the molecule is C=C[C@@H](Oc1ccc(O)cc1)C(=O)[OH2+]. The molecule has 0 saturated carbocycles. The lowest BCUT2D eigenvalue weighted by Gasteiger charge is -2.07. The Balaban J connectivity index is 2.72. The van der Waals surface area contributed by atoms with E-state index in [1.54, 1.807) is 0 Å². The molecule has 4 nitrogen and oxygen atoms in total. The van der Waals surface area contributed by atoms with Crippen LogP contribution in [0.5, 0.6) is 11.5 Å². The Morgan fingerprint density at radius 2 is 2.07 bits per heavy atom. The van der Waals surface area contributed by atoms with Crippen molar-refractivity contribution >= 4 is 5.97 Å². The Kier molecular flexibility index (Phi) is 3.12. The number of phenolic OH excluding ortho intramolecular Hbond substituents is 1. The van der Waals surface area contributed by atoms with Gasteiger partial charge < -0.3 is 14.9 Å².